The maximum absolute atomic E-state index is 7.59. The summed E-state index contributed by atoms with van der Waals surface area (Å²) in [5.74, 6) is 1.15. The van der Waals surface area contributed by atoms with Gasteiger partial charge in [0.2, 0.25) is 0 Å². The van der Waals surface area contributed by atoms with Crippen LogP contribution in [0.5, 0.6) is 0 Å². The summed E-state index contributed by atoms with van der Waals surface area (Å²) in [6, 6.07) is 46.1. The Morgan fingerprint density at radius 3 is 1.92 bits per heavy atom. The van der Waals surface area contributed by atoms with Crippen LogP contribution < -0.4 is 26.4 Å². The molecule has 4 heteroatoms. The molecular formula is C55H57BN2O. The van der Waals surface area contributed by atoms with E-state index in [4.69, 9.17) is 4.42 Å². The second kappa shape index (κ2) is 12.8. The summed E-state index contributed by atoms with van der Waals surface area (Å²) in [5.41, 5.74) is 18.5. The summed E-state index contributed by atoms with van der Waals surface area (Å²) >= 11 is 0. The van der Waals surface area contributed by atoms with E-state index in [-0.39, 0.29) is 28.4 Å². The first-order valence-electron chi connectivity index (χ1n) is 21.7. The van der Waals surface area contributed by atoms with Crippen LogP contribution in [0.1, 0.15) is 110 Å². The van der Waals surface area contributed by atoms with E-state index in [1.807, 2.05) is 0 Å². The van der Waals surface area contributed by atoms with E-state index in [9.17, 15) is 0 Å². The highest BCUT2D eigenvalue weighted by molar-refractivity contribution is 6.99. The Morgan fingerprint density at radius 2 is 1.20 bits per heavy atom. The summed E-state index contributed by atoms with van der Waals surface area (Å²) in [6.07, 6.45) is 2.20. The van der Waals surface area contributed by atoms with Crippen LogP contribution in [-0.4, -0.2) is 6.71 Å². The molecule has 7 aromatic rings. The second-order valence-corrected chi connectivity index (χ2v) is 21.0. The number of anilines is 6. The van der Waals surface area contributed by atoms with Gasteiger partial charge in [-0.15, -0.1) is 0 Å². The van der Waals surface area contributed by atoms with Crippen molar-refractivity contribution < 1.29 is 4.42 Å². The van der Waals surface area contributed by atoms with Gasteiger partial charge in [0.05, 0.1) is 17.0 Å². The smallest absolute Gasteiger partial charge is 0.297 e. The van der Waals surface area contributed by atoms with E-state index >= 15 is 0 Å². The largest absolute Gasteiger partial charge is 0.472 e. The van der Waals surface area contributed by atoms with Crippen molar-refractivity contribution in [2.75, 3.05) is 9.80 Å². The zero-order chi connectivity index (χ0) is 41.4. The van der Waals surface area contributed by atoms with Crippen molar-refractivity contribution in [1.82, 2.24) is 0 Å². The van der Waals surface area contributed by atoms with Crippen LogP contribution in [0.3, 0.4) is 0 Å². The van der Waals surface area contributed by atoms with Gasteiger partial charge in [-0.1, -0.05) is 148 Å². The maximum atomic E-state index is 7.59. The zero-order valence-corrected chi connectivity index (χ0v) is 36.8. The third kappa shape index (κ3) is 5.84. The first-order valence-corrected chi connectivity index (χ1v) is 21.7. The standard InChI is InChI=1S/C55H57BN2O/c1-34-30-45-48-46(31-34)58(43-19-15-14-18-41(43)37-21-20-35-16-12-13-17-36(35)32-37)44-27-24-39(53(5,6)7)33-42(44)56(48)51-49(47-50(59-51)55(10,11)29-28-54(47,8)9)57(45)40-25-22-38(23-26-40)52(2,3)4/h12-27,30-33H,28-29H2,1-11H3. The molecule has 1 aliphatic carbocycles. The number of rotatable bonds is 3. The lowest BCUT2D eigenvalue weighted by molar-refractivity contribution is 0.282. The molecule has 6 aromatic carbocycles. The van der Waals surface area contributed by atoms with Gasteiger partial charge in [-0.05, 0) is 122 Å². The zero-order valence-electron chi connectivity index (χ0n) is 36.8. The van der Waals surface area contributed by atoms with Crippen LogP contribution in [0.4, 0.5) is 34.1 Å². The van der Waals surface area contributed by atoms with Gasteiger partial charge in [0.1, 0.15) is 5.76 Å². The van der Waals surface area contributed by atoms with Gasteiger partial charge < -0.3 is 14.2 Å². The highest BCUT2D eigenvalue weighted by Gasteiger charge is 2.52. The molecule has 3 nitrogen and oxygen atoms in total. The molecule has 0 amide bonds. The summed E-state index contributed by atoms with van der Waals surface area (Å²) < 4.78 is 7.59. The highest BCUT2D eigenvalue weighted by atomic mass is 16.3. The van der Waals surface area contributed by atoms with Crippen LogP contribution in [0.2, 0.25) is 0 Å². The predicted octanol–water partition coefficient (Wildman–Crippen LogP) is 13.4. The maximum Gasteiger partial charge on any atom is 0.297 e. The minimum Gasteiger partial charge on any atom is -0.472 e. The predicted molar refractivity (Wildman–Crippen MR) is 253 cm³/mol. The number of hydrogen-bond acceptors (Lipinski definition) is 3. The lowest BCUT2D eigenvalue weighted by Crippen LogP contribution is -2.61. The fourth-order valence-electron chi connectivity index (χ4n) is 10.3. The highest BCUT2D eigenvalue weighted by Crippen LogP contribution is 2.55. The lowest BCUT2D eigenvalue weighted by Gasteiger charge is -2.44. The molecule has 2 aliphatic heterocycles. The van der Waals surface area contributed by atoms with Gasteiger partial charge in [-0.3, -0.25) is 0 Å². The molecule has 0 saturated carbocycles. The summed E-state index contributed by atoms with van der Waals surface area (Å²) in [4.78, 5) is 5.15. The molecule has 59 heavy (non-hydrogen) atoms. The fourth-order valence-corrected chi connectivity index (χ4v) is 10.3. The monoisotopic (exact) mass is 772 g/mol. The van der Waals surface area contributed by atoms with Crippen LogP contribution >= 0.6 is 0 Å². The van der Waals surface area contributed by atoms with Gasteiger partial charge in [-0.25, -0.2) is 0 Å². The fraction of sp³-hybridized carbons (Fsp3) is 0.309. The summed E-state index contributed by atoms with van der Waals surface area (Å²) in [5, 5.41) is 2.50. The molecule has 0 atom stereocenters. The molecule has 0 N–H and O–H groups in total. The summed E-state index contributed by atoms with van der Waals surface area (Å²) in [6.45, 7) is 25.7. The van der Waals surface area contributed by atoms with E-state index in [0.717, 1.165) is 24.3 Å². The number of furan rings is 1. The van der Waals surface area contributed by atoms with Gasteiger partial charge in [0.25, 0.3) is 6.71 Å². The van der Waals surface area contributed by atoms with E-state index in [0.29, 0.717) is 0 Å². The Kier molecular flexibility index (Phi) is 8.17. The van der Waals surface area contributed by atoms with E-state index < -0.39 is 0 Å². The molecule has 0 bridgehead atoms. The van der Waals surface area contributed by atoms with Crippen molar-refractivity contribution in [3.63, 3.8) is 0 Å². The Hall–Kier alpha value is -5.48. The van der Waals surface area contributed by atoms with Crippen molar-refractivity contribution in [3.05, 3.63) is 149 Å². The van der Waals surface area contributed by atoms with Crippen molar-refractivity contribution in [3.8, 4) is 11.1 Å². The average Bonchev–Trinajstić information content (AvgIpc) is 3.62. The van der Waals surface area contributed by atoms with Crippen LogP contribution in [0.15, 0.2) is 126 Å². The Balaban J connectivity index is 1.31. The van der Waals surface area contributed by atoms with Crippen LogP contribution in [-0.2, 0) is 21.7 Å². The first kappa shape index (κ1) is 37.8. The normalized spacial score (nSPS) is 16.4. The molecule has 0 saturated heterocycles. The average molecular weight is 773 g/mol. The summed E-state index contributed by atoms with van der Waals surface area (Å²) in [7, 11) is 0. The lowest BCUT2D eigenvalue weighted by atomic mass is 9.35. The first-order chi connectivity index (χ1) is 27.9. The Bertz CT molecular complexity index is 2830. The molecule has 10 rings (SSSR count). The van der Waals surface area contributed by atoms with Crippen molar-refractivity contribution >= 4 is 68.2 Å². The van der Waals surface area contributed by atoms with Gasteiger partial charge in [0, 0.05) is 39.3 Å². The van der Waals surface area contributed by atoms with Crippen molar-refractivity contribution in [2.24, 2.45) is 0 Å². The minimum absolute atomic E-state index is 0.0377. The minimum atomic E-state index is -0.0928. The number of hydrogen-bond donors (Lipinski definition) is 0. The van der Waals surface area contributed by atoms with E-state index in [1.165, 1.54) is 89.2 Å². The molecule has 0 radical (unpaired) electrons. The van der Waals surface area contributed by atoms with Crippen molar-refractivity contribution in [2.45, 2.75) is 111 Å². The quantitative estimate of drug-likeness (QED) is 0.167. The molecular weight excluding hydrogens is 715 g/mol. The molecule has 0 spiro atoms. The van der Waals surface area contributed by atoms with Gasteiger partial charge in [-0.2, -0.15) is 0 Å². The Labute approximate surface area is 352 Å². The van der Waals surface area contributed by atoms with E-state index in [2.05, 4.69) is 207 Å². The molecule has 296 valence electrons. The van der Waals surface area contributed by atoms with Gasteiger partial charge >= 0.3 is 0 Å². The second-order valence-electron chi connectivity index (χ2n) is 21.0. The molecule has 3 heterocycles. The number of para-hydroxylation sites is 1. The number of benzene rings is 6. The topological polar surface area (TPSA) is 19.6 Å². The Morgan fingerprint density at radius 1 is 0.576 bits per heavy atom. The molecule has 0 fully saturated rings. The number of nitrogens with zero attached hydrogens (tertiary/aromatic N) is 2. The molecule has 1 aromatic heterocycles. The number of aryl methyl sites for hydroxylation is 1. The molecule has 3 aliphatic rings. The molecule has 0 unspecified atom stereocenters. The van der Waals surface area contributed by atoms with E-state index in [1.54, 1.807) is 0 Å². The van der Waals surface area contributed by atoms with Gasteiger partial charge in [0.15, 0.2) is 0 Å². The number of fused-ring (bicyclic) bond motifs is 7. The van der Waals surface area contributed by atoms with Crippen LogP contribution in [0.25, 0.3) is 21.9 Å². The van der Waals surface area contributed by atoms with Crippen molar-refractivity contribution in [1.29, 1.82) is 0 Å². The van der Waals surface area contributed by atoms with Crippen LogP contribution in [0, 0.1) is 6.92 Å². The third-order valence-electron chi connectivity index (χ3n) is 13.8. The third-order valence-corrected chi connectivity index (χ3v) is 13.8. The SMILES string of the molecule is Cc1cc2c3c(c1)N(c1ccc(C(C)(C)C)cc1)c1c(oc4c1C(C)(C)CCC4(C)C)B3c1cc(C(C)(C)C)ccc1N2c1ccccc1-c1ccc2ccccc2c1.